The molecule has 2 rings (SSSR count). The summed E-state index contributed by atoms with van der Waals surface area (Å²) >= 11 is 0. The number of carbonyl (C=O) groups is 1. The quantitative estimate of drug-likeness (QED) is 0.816. The predicted octanol–water partition coefficient (Wildman–Crippen LogP) is 1.68. The Bertz CT molecular complexity index is 640. The summed E-state index contributed by atoms with van der Waals surface area (Å²) in [5, 5.41) is 2.70. The third-order valence-corrected chi connectivity index (χ3v) is 2.68. The summed E-state index contributed by atoms with van der Waals surface area (Å²) in [6, 6.07) is 4.56. The average molecular weight is 257 g/mol. The molecule has 1 amide bonds. The molecule has 1 aromatic heterocycles. The van der Waals surface area contributed by atoms with Crippen LogP contribution in [0.2, 0.25) is 0 Å². The smallest absolute Gasteiger partial charge is 0.242 e. The zero-order valence-electron chi connectivity index (χ0n) is 10.6. The lowest BCUT2D eigenvalue weighted by Crippen LogP contribution is -2.35. The first kappa shape index (κ1) is 13.1. The SMILES string of the molecule is C#CCC(N)C(=O)Nc1ccc2oc(CC)nc2c1. The Morgan fingerprint density at radius 3 is 3.11 bits per heavy atom. The van der Waals surface area contributed by atoms with E-state index < -0.39 is 6.04 Å². The summed E-state index contributed by atoms with van der Waals surface area (Å²) in [5.41, 5.74) is 7.66. The van der Waals surface area contributed by atoms with E-state index in [4.69, 9.17) is 16.6 Å². The van der Waals surface area contributed by atoms with Gasteiger partial charge in [-0.15, -0.1) is 12.3 Å². The van der Waals surface area contributed by atoms with Crippen LogP contribution >= 0.6 is 0 Å². The van der Waals surface area contributed by atoms with Crippen molar-refractivity contribution in [2.45, 2.75) is 25.8 Å². The van der Waals surface area contributed by atoms with Crippen molar-refractivity contribution in [1.29, 1.82) is 0 Å². The molecule has 1 aromatic carbocycles. The van der Waals surface area contributed by atoms with Crippen molar-refractivity contribution < 1.29 is 9.21 Å². The number of nitrogens with zero attached hydrogens (tertiary/aromatic N) is 1. The molecule has 3 N–H and O–H groups in total. The van der Waals surface area contributed by atoms with Crippen LogP contribution in [0.5, 0.6) is 0 Å². The number of benzene rings is 1. The fraction of sp³-hybridized carbons (Fsp3) is 0.286. The second kappa shape index (κ2) is 5.55. The summed E-state index contributed by atoms with van der Waals surface area (Å²) in [6.45, 7) is 1.96. The molecule has 1 unspecified atom stereocenters. The Morgan fingerprint density at radius 1 is 1.63 bits per heavy atom. The molecule has 19 heavy (non-hydrogen) atoms. The fourth-order valence-corrected chi connectivity index (χ4v) is 1.66. The van der Waals surface area contributed by atoms with Gasteiger partial charge in [-0.2, -0.15) is 0 Å². The van der Waals surface area contributed by atoms with Crippen LogP contribution in [-0.4, -0.2) is 16.9 Å². The number of terminal acetylenes is 1. The van der Waals surface area contributed by atoms with E-state index in [9.17, 15) is 4.79 Å². The Balaban J connectivity index is 2.17. The van der Waals surface area contributed by atoms with Crippen molar-refractivity contribution in [2.24, 2.45) is 5.73 Å². The lowest BCUT2D eigenvalue weighted by Gasteiger charge is -2.09. The van der Waals surface area contributed by atoms with E-state index in [2.05, 4.69) is 16.2 Å². The van der Waals surface area contributed by atoms with Gasteiger partial charge < -0.3 is 15.5 Å². The van der Waals surface area contributed by atoms with E-state index in [-0.39, 0.29) is 12.3 Å². The number of carbonyl (C=O) groups excluding carboxylic acids is 1. The second-order valence-electron chi connectivity index (χ2n) is 4.15. The zero-order valence-corrected chi connectivity index (χ0v) is 10.6. The van der Waals surface area contributed by atoms with Crippen LogP contribution in [0.1, 0.15) is 19.2 Å². The minimum atomic E-state index is -0.704. The lowest BCUT2D eigenvalue weighted by atomic mass is 10.2. The summed E-state index contributed by atoms with van der Waals surface area (Å²) in [7, 11) is 0. The third-order valence-electron chi connectivity index (χ3n) is 2.68. The maximum Gasteiger partial charge on any atom is 0.242 e. The van der Waals surface area contributed by atoms with Crippen molar-refractivity contribution in [2.75, 3.05) is 5.32 Å². The van der Waals surface area contributed by atoms with Crippen LogP contribution < -0.4 is 11.1 Å². The standard InChI is InChI=1S/C14H15N3O2/c1-3-5-10(15)14(18)16-9-6-7-12-11(8-9)17-13(4-2)19-12/h1,6-8,10H,4-5,15H2,2H3,(H,16,18). The molecule has 0 aliphatic rings. The summed E-state index contributed by atoms with van der Waals surface area (Å²) in [4.78, 5) is 16.0. The first-order valence-corrected chi connectivity index (χ1v) is 6.03. The Hall–Kier alpha value is -2.32. The Labute approximate surface area is 111 Å². The van der Waals surface area contributed by atoms with Gasteiger partial charge >= 0.3 is 0 Å². The van der Waals surface area contributed by atoms with Gasteiger partial charge in [-0.05, 0) is 18.2 Å². The van der Waals surface area contributed by atoms with Crippen LogP contribution in [0.4, 0.5) is 5.69 Å². The number of hydrogen-bond acceptors (Lipinski definition) is 4. The van der Waals surface area contributed by atoms with Crippen molar-refractivity contribution in [3.05, 3.63) is 24.1 Å². The maximum atomic E-state index is 11.7. The Kier molecular flexibility index (Phi) is 3.83. The second-order valence-corrected chi connectivity index (χ2v) is 4.15. The highest BCUT2D eigenvalue weighted by molar-refractivity contribution is 5.96. The molecule has 98 valence electrons. The van der Waals surface area contributed by atoms with Gasteiger partial charge in [-0.25, -0.2) is 4.98 Å². The number of rotatable bonds is 4. The van der Waals surface area contributed by atoms with E-state index in [0.717, 1.165) is 6.42 Å². The van der Waals surface area contributed by atoms with Crippen molar-refractivity contribution in [3.8, 4) is 12.3 Å². The lowest BCUT2D eigenvalue weighted by molar-refractivity contribution is -0.117. The molecule has 2 aromatic rings. The van der Waals surface area contributed by atoms with Crippen LogP contribution in [0.3, 0.4) is 0 Å². The molecule has 1 heterocycles. The molecule has 0 saturated heterocycles. The molecule has 0 spiro atoms. The van der Waals surface area contributed by atoms with Crippen molar-refractivity contribution >= 4 is 22.7 Å². The largest absolute Gasteiger partial charge is 0.441 e. The number of anilines is 1. The monoisotopic (exact) mass is 257 g/mol. The predicted molar refractivity (Wildman–Crippen MR) is 73.4 cm³/mol. The van der Waals surface area contributed by atoms with Gasteiger partial charge in [-0.3, -0.25) is 4.79 Å². The molecular weight excluding hydrogens is 242 g/mol. The van der Waals surface area contributed by atoms with E-state index in [1.165, 1.54) is 0 Å². The molecule has 5 nitrogen and oxygen atoms in total. The van der Waals surface area contributed by atoms with Crippen LogP contribution in [0.25, 0.3) is 11.1 Å². The highest BCUT2D eigenvalue weighted by atomic mass is 16.3. The van der Waals surface area contributed by atoms with E-state index in [0.29, 0.717) is 22.7 Å². The van der Waals surface area contributed by atoms with E-state index in [1.807, 2.05) is 6.92 Å². The van der Waals surface area contributed by atoms with Gasteiger partial charge in [0.2, 0.25) is 5.91 Å². The number of oxazole rings is 1. The molecule has 0 bridgehead atoms. The molecule has 1 atom stereocenters. The highest BCUT2D eigenvalue weighted by Gasteiger charge is 2.13. The third kappa shape index (κ3) is 2.92. The van der Waals surface area contributed by atoms with Gasteiger partial charge in [0.1, 0.15) is 5.52 Å². The van der Waals surface area contributed by atoms with Gasteiger partial charge in [0.15, 0.2) is 11.5 Å². The molecule has 0 fully saturated rings. The normalized spacial score (nSPS) is 12.1. The van der Waals surface area contributed by atoms with Crippen molar-refractivity contribution in [3.63, 3.8) is 0 Å². The first-order chi connectivity index (χ1) is 9.13. The first-order valence-electron chi connectivity index (χ1n) is 6.03. The summed E-state index contributed by atoms with van der Waals surface area (Å²) in [6.07, 6.45) is 6.05. The van der Waals surface area contributed by atoms with Gasteiger partial charge in [0.25, 0.3) is 0 Å². The highest BCUT2D eigenvalue weighted by Crippen LogP contribution is 2.20. The molecule has 0 aliphatic carbocycles. The summed E-state index contributed by atoms with van der Waals surface area (Å²) in [5.74, 6) is 2.72. The average Bonchev–Trinajstić information content (AvgIpc) is 2.81. The number of aryl methyl sites for hydroxylation is 1. The van der Waals surface area contributed by atoms with Crippen LogP contribution in [0, 0.1) is 12.3 Å². The topological polar surface area (TPSA) is 81.2 Å². The number of aromatic nitrogens is 1. The zero-order chi connectivity index (χ0) is 13.8. The Morgan fingerprint density at radius 2 is 2.42 bits per heavy atom. The van der Waals surface area contributed by atoms with Gasteiger partial charge in [0, 0.05) is 18.5 Å². The summed E-state index contributed by atoms with van der Waals surface area (Å²) < 4.78 is 5.49. The number of nitrogens with two attached hydrogens (primary N) is 1. The number of nitrogens with one attached hydrogen (secondary N) is 1. The minimum Gasteiger partial charge on any atom is -0.441 e. The molecule has 5 heteroatoms. The van der Waals surface area contributed by atoms with Gasteiger partial charge in [-0.1, -0.05) is 6.92 Å². The molecule has 0 radical (unpaired) electrons. The molecule has 0 saturated carbocycles. The fourth-order valence-electron chi connectivity index (χ4n) is 1.66. The maximum absolute atomic E-state index is 11.7. The minimum absolute atomic E-state index is 0.206. The van der Waals surface area contributed by atoms with Crippen molar-refractivity contribution in [1.82, 2.24) is 4.98 Å². The van der Waals surface area contributed by atoms with Crippen LogP contribution in [-0.2, 0) is 11.2 Å². The number of amides is 1. The molecule has 0 aliphatic heterocycles. The number of hydrogen-bond donors (Lipinski definition) is 2. The number of fused-ring (bicyclic) bond motifs is 1. The van der Waals surface area contributed by atoms with E-state index in [1.54, 1.807) is 18.2 Å². The van der Waals surface area contributed by atoms with Gasteiger partial charge in [0.05, 0.1) is 6.04 Å². The van der Waals surface area contributed by atoms with Crippen LogP contribution in [0.15, 0.2) is 22.6 Å². The molecular formula is C14H15N3O2. The van der Waals surface area contributed by atoms with E-state index >= 15 is 0 Å².